The molecular weight excluding hydrogens is 551 g/mol. The highest BCUT2D eigenvalue weighted by Gasteiger charge is 2.70. The topological polar surface area (TPSA) is 106 Å². The number of carboxylic acids is 1. The number of rotatable bonds is 3. The predicted octanol–water partition coefficient (Wildman–Crippen LogP) is 6.75. The van der Waals surface area contributed by atoms with E-state index in [4.69, 9.17) is 14.2 Å². The minimum absolute atomic E-state index is 0.0118. The molecule has 214 valence electrons. The van der Waals surface area contributed by atoms with Gasteiger partial charge >= 0.3 is 5.97 Å². The van der Waals surface area contributed by atoms with Crippen molar-refractivity contribution in [3.05, 3.63) is 124 Å². The second-order valence-electron chi connectivity index (χ2n) is 11.8. The van der Waals surface area contributed by atoms with Gasteiger partial charge in [-0.05, 0) is 30.7 Å². The zero-order valence-corrected chi connectivity index (χ0v) is 22.9. The molecule has 4 aliphatic carbocycles. The molecule has 2 N–H and O–H groups in total. The van der Waals surface area contributed by atoms with Crippen LogP contribution in [0.3, 0.4) is 0 Å². The third-order valence-corrected chi connectivity index (χ3v) is 9.68. The Balaban J connectivity index is 1.48. The van der Waals surface area contributed by atoms with Crippen LogP contribution >= 0.6 is 0 Å². The van der Waals surface area contributed by atoms with E-state index >= 15 is 0 Å². The first kappa shape index (κ1) is 25.9. The monoisotopic (exact) mass is 576 g/mol. The van der Waals surface area contributed by atoms with E-state index < -0.39 is 28.4 Å². The van der Waals surface area contributed by atoms with Gasteiger partial charge in [-0.2, -0.15) is 0 Å². The molecule has 0 spiro atoms. The number of phenols is 1. The third kappa shape index (κ3) is 3.36. The summed E-state index contributed by atoms with van der Waals surface area (Å²) in [5.41, 5.74) is -1.20. The summed E-state index contributed by atoms with van der Waals surface area (Å²) >= 11 is 0. The van der Waals surface area contributed by atoms with E-state index in [-0.39, 0.29) is 51.9 Å². The van der Waals surface area contributed by atoms with E-state index in [1.54, 1.807) is 24.3 Å². The Hall–Kier alpha value is -4.79. The molecule has 4 atom stereocenters. The van der Waals surface area contributed by atoms with Crippen molar-refractivity contribution in [3.8, 4) is 28.2 Å². The van der Waals surface area contributed by atoms with E-state index in [1.165, 1.54) is 12.1 Å². The Morgan fingerprint density at radius 3 is 2.19 bits per heavy atom. The molecule has 2 aromatic carbocycles. The molecule has 4 unspecified atom stereocenters. The number of benzene rings is 3. The van der Waals surface area contributed by atoms with Gasteiger partial charge < -0.3 is 14.6 Å². The summed E-state index contributed by atoms with van der Waals surface area (Å²) < 4.78 is 20.9. The average Bonchev–Trinajstić information content (AvgIpc) is 3.01. The fourth-order valence-electron chi connectivity index (χ4n) is 7.78. The van der Waals surface area contributed by atoms with Crippen molar-refractivity contribution in [2.24, 2.45) is 23.7 Å². The van der Waals surface area contributed by atoms with Gasteiger partial charge in [0.2, 0.25) is 5.43 Å². The molecule has 3 heterocycles. The molecule has 1 saturated carbocycles. The number of carbonyl (C=O) groups is 1. The van der Waals surface area contributed by atoms with Crippen molar-refractivity contribution in [2.75, 3.05) is 0 Å². The van der Waals surface area contributed by atoms with Crippen LogP contribution in [-0.2, 0) is 15.4 Å². The molecule has 7 nitrogen and oxygen atoms in total. The van der Waals surface area contributed by atoms with Crippen molar-refractivity contribution in [1.29, 1.82) is 0 Å². The smallest absolute Gasteiger partial charge is 0.336 e. The number of fused-ring (bicyclic) bond motifs is 3. The van der Waals surface area contributed by atoms with Gasteiger partial charge in [0, 0.05) is 57.9 Å². The number of hydrogen-bond donors (Lipinski definition) is 2. The standard InChI is InChI=1S/C35H25FO7/c1-34-22-10-4-6-12-24(22)35(43-42-34,25-13-7-5-11-23(25)34)26-14-20-30(16-28(26)37)41-31-17-29(38)27(36)15-21(31)32(20)18-8-2-3-9-19(18)33(39)40/h2-17,22-25,37H,1H3,(H,39,40). The van der Waals surface area contributed by atoms with Gasteiger partial charge in [0.15, 0.2) is 5.82 Å². The molecule has 0 amide bonds. The summed E-state index contributed by atoms with van der Waals surface area (Å²) in [6, 6.07) is 11.7. The van der Waals surface area contributed by atoms with Crippen molar-refractivity contribution in [2.45, 2.75) is 18.1 Å². The third-order valence-electron chi connectivity index (χ3n) is 9.68. The van der Waals surface area contributed by atoms with Gasteiger partial charge in [0.1, 0.15) is 28.3 Å². The number of carboxylic acid groups (broad SMARTS) is 1. The summed E-state index contributed by atoms with van der Waals surface area (Å²) in [6.07, 6.45) is 16.3. The molecule has 2 saturated heterocycles. The van der Waals surface area contributed by atoms with E-state index in [0.717, 1.165) is 12.1 Å². The zero-order valence-electron chi connectivity index (χ0n) is 22.9. The lowest BCUT2D eigenvalue weighted by Crippen LogP contribution is -2.69. The number of hydrogen-bond acceptors (Lipinski definition) is 6. The molecular formula is C35H25FO7. The van der Waals surface area contributed by atoms with Crippen LogP contribution in [0.15, 0.2) is 106 Å². The SMILES string of the molecule is CC12OOC(c3cc4c(-c5ccccc5C(=O)O)c5cc(F)c(=O)cc-5oc4cc3O)(C3C=CC=CC31)C1C=CC=CC12. The Morgan fingerprint density at radius 1 is 0.860 bits per heavy atom. The normalized spacial score (nSPS) is 30.1. The fourth-order valence-corrected chi connectivity index (χ4v) is 7.78. The molecule has 0 aromatic heterocycles. The van der Waals surface area contributed by atoms with Crippen molar-refractivity contribution in [3.63, 3.8) is 0 Å². The quantitative estimate of drug-likeness (QED) is 0.205. The number of aromatic carboxylic acids is 1. The van der Waals surface area contributed by atoms with E-state index in [0.29, 0.717) is 22.1 Å². The summed E-state index contributed by atoms with van der Waals surface area (Å²) in [4.78, 5) is 37.2. The maximum atomic E-state index is 14.8. The average molecular weight is 577 g/mol. The van der Waals surface area contributed by atoms with Crippen LogP contribution in [0.25, 0.3) is 33.4 Å². The molecule has 3 aliphatic heterocycles. The Morgan fingerprint density at radius 2 is 1.51 bits per heavy atom. The molecule has 7 aliphatic rings. The van der Waals surface area contributed by atoms with Gasteiger partial charge in [-0.25, -0.2) is 19.0 Å². The van der Waals surface area contributed by atoms with Crippen molar-refractivity contribution in [1.82, 2.24) is 0 Å². The molecule has 2 aromatic rings. The minimum atomic E-state index is -1.17. The van der Waals surface area contributed by atoms with Crippen LogP contribution < -0.4 is 5.43 Å². The highest BCUT2D eigenvalue weighted by molar-refractivity contribution is 6.07. The van der Waals surface area contributed by atoms with Crippen LogP contribution in [0.1, 0.15) is 22.8 Å². The number of aromatic hydroxyl groups is 1. The van der Waals surface area contributed by atoms with Gasteiger partial charge in [-0.3, -0.25) is 4.79 Å². The van der Waals surface area contributed by atoms with Crippen LogP contribution in [0.2, 0.25) is 0 Å². The number of phenolic OH excluding ortho intramolecular Hbond substituents is 1. The van der Waals surface area contributed by atoms with E-state index in [2.05, 4.69) is 24.3 Å². The summed E-state index contributed by atoms with van der Waals surface area (Å²) in [5.74, 6) is -2.80. The predicted molar refractivity (Wildman–Crippen MR) is 156 cm³/mol. The Labute approximate surface area is 244 Å². The molecule has 2 bridgehead atoms. The Kier molecular flexibility index (Phi) is 5.33. The van der Waals surface area contributed by atoms with Crippen molar-refractivity contribution < 1.29 is 33.6 Å². The molecule has 3 fully saturated rings. The van der Waals surface area contributed by atoms with Crippen LogP contribution in [0, 0.1) is 29.5 Å². The van der Waals surface area contributed by atoms with Crippen LogP contribution in [0.4, 0.5) is 4.39 Å². The fraction of sp³-hybridized carbons (Fsp3) is 0.200. The van der Waals surface area contributed by atoms with E-state index in [1.807, 2.05) is 31.2 Å². The highest BCUT2D eigenvalue weighted by atomic mass is 19.1. The molecule has 43 heavy (non-hydrogen) atoms. The second-order valence-corrected chi connectivity index (χ2v) is 11.8. The maximum absolute atomic E-state index is 14.8. The lowest BCUT2D eigenvalue weighted by molar-refractivity contribution is -0.511. The first-order valence-corrected chi connectivity index (χ1v) is 14.1. The zero-order chi connectivity index (χ0) is 29.7. The van der Waals surface area contributed by atoms with Gasteiger partial charge in [0.25, 0.3) is 0 Å². The summed E-state index contributed by atoms with van der Waals surface area (Å²) in [5, 5.41) is 22.2. The van der Waals surface area contributed by atoms with Gasteiger partial charge in [-0.15, -0.1) is 0 Å². The van der Waals surface area contributed by atoms with Crippen LogP contribution in [0.5, 0.6) is 5.75 Å². The van der Waals surface area contributed by atoms with E-state index in [9.17, 15) is 24.2 Å². The maximum Gasteiger partial charge on any atom is 0.336 e. The molecule has 8 heteroatoms. The highest BCUT2D eigenvalue weighted by Crippen LogP contribution is 2.66. The Bertz CT molecular complexity index is 1980. The summed E-state index contributed by atoms with van der Waals surface area (Å²) in [7, 11) is 0. The largest absolute Gasteiger partial charge is 0.507 e. The molecule has 9 rings (SSSR count). The minimum Gasteiger partial charge on any atom is -0.507 e. The van der Waals surface area contributed by atoms with Crippen LogP contribution in [-0.4, -0.2) is 21.8 Å². The first-order valence-electron chi connectivity index (χ1n) is 14.1. The van der Waals surface area contributed by atoms with Gasteiger partial charge in [0.05, 0.1) is 5.56 Å². The number of halogens is 1. The lowest BCUT2D eigenvalue weighted by atomic mass is 9.49. The van der Waals surface area contributed by atoms with Crippen molar-refractivity contribution >= 4 is 16.9 Å². The summed E-state index contributed by atoms with van der Waals surface area (Å²) in [6.45, 7) is 2.05. The van der Waals surface area contributed by atoms with Gasteiger partial charge in [-0.1, -0.05) is 66.8 Å². The number of allylic oxidation sites excluding steroid dienone is 4. The lowest BCUT2D eigenvalue weighted by Gasteiger charge is -2.64. The first-order chi connectivity index (χ1) is 20.7. The second kappa shape index (κ2) is 8.86. The molecule has 0 radical (unpaired) electrons.